The monoisotopic (exact) mass is 644 g/mol. The standard InChI is InChI=1S/C19H40N2O14P4/c1-3-17(19(23)35-9-5-7-21(13-38(28,29)30)14-39(31,32)33)10-16(2)18(22)34-8-4-6-20-11-36(24,25)15-37(26,27)12-20/h16-17H,3-15H2,1-2H3,(H,24,25)(H,26,27)(H2,28,29,30)(H2,31,32,33). The second kappa shape index (κ2) is 15.7. The Morgan fingerprint density at radius 1 is 0.923 bits per heavy atom. The van der Waals surface area contributed by atoms with Gasteiger partial charge >= 0.3 is 27.1 Å². The fourth-order valence-electron chi connectivity index (χ4n) is 4.09. The molecule has 1 aliphatic rings. The van der Waals surface area contributed by atoms with Crippen LogP contribution in [0, 0.1) is 11.8 Å². The van der Waals surface area contributed by atoms with Crippen molar-refractivity contribution in [3.63, 3.8) is 0 Å². The smallest absolute Gasteiger partial charge is 0.339 e. The first-order chi connectivity index (χ1) is 17.7. The summed E-state index contributed by atoms with van der Waals surface area (Å²) in [5.74, 6) is -3.06. The van der Waals surface area contributed by atoms with E-state index < -0.39 is 72.2 Å². The maximum absolute atomic E-state index is 12.4. The van der Waals surface area contributed by atoms with Crippen LogP contribution in [0.4, 0.5) is 0 Å². The minimum atomic E-state index is -4.56. The van der Waals surface area contributed by atoms with Crippen molar-refractivity contribution in [3.05, 3.63) is 0 Å². The number of carbonyl (C=O) groups is 2. The molecule has 0 bridgehead atoms. The molecule has 0 amide bonds. The Kier molecular flexibility index (Phi) is 14.7. The summed E-state index contributed by atoms with van der Waals surface area (Å²) in [5.41, 5.74) is 0. The lowest BCUT2D eigenvalue weighted by molar-refractivity contribution is -0.152. The number of rotatable bonds is 17. The van der Waals surface area contributed by atoms with E-state index in [0.29, 0.717) is 6.42 Å². The van der Waals surface area contributed by atoms with Gasteiger partial charge < -0.3 is 38.8 Å². The van der Waals surface area contributed by atoms with Crippen LogP contribution in [-0.2, 0) is 37.3 Å². The summed E-state index contributed by atoms with van der Waals surface area (Å²) in [6.07, 6.45) is -1.29. The van der Waals surface area contributed by atoms with Crippen molar-refractivity contribution in [2.24, 2.45) is 11.8 Å². The molecule has 1 fully saturated rings. The van der Waals surface area contributed by atoms with E-state index in [2.05, 4.69) is 0 Å². The molecule has 1 saturated heterocycles. The highest BCUT2D eigenvalue weighted by Crippen LogP contribution is 2.61. The molecule has 20 heteroatoms. The summed E-state index contributed by atoms with van der Waals surface area (Å²) in [6.45, 7) is 3.18. The van der Waals surface area contributed by atoms with Crippen LogP contribution in [0.3, 0.4) is 0 Å². The zero-order chi connectivity index (χ0) is 30.1. The Labute approximate surface area is 227 Å². The van der Waals surface area contributed by atoms with Gasteiger partial charge in [0.25, 0.3) is 0 Å². The molecule has 0 saturated carbocycles. The highest BCUT2D eigenvalue weighted by Gasteiger charge is 2.39. The van der Waals surface area contributed by atoms with Crippen LogP contribution in [0.5, 0.6) is 0 Å². The van der Waals surface area contributed by atoms with Gasteiger partial charge in [-0.05, 0) is 25.7 Å². The summed E-state index contributed by atoms with van der Waals surface area (Å²) in [5, 5.41) is 0. The second-order valence-corrected chi connectivity index (χ2v) is 18.1. The number of carbonyl (C=O) groups excluding carboxylic acids is 2. The zero-order valence-corrected chi connectivity index (χ0v) is 25.6. The van der Waals surface area contributed by atoms with Gasteiger partial charge in [-0.3, -0.25) is 37.6 Å². The summed E-state index contributed by atoms with van der Waals surface area (Å²) < 4.78 is 56.6. The van der Waals surface area contributed by atoms with Gasteiger partial charge in [0.2, 0.25) is 14.7 Å². The van der Waals surface area contributed by atoms with Gasteiger partial charge in [-0.15, -0.1) is 0 Å². The first-order valence-electron chi connectivity index (χ1n) is 12.2. The van der Waals surface area contributed by atoms with Crippen LogP contribution in [0.1, 0.15) is 39.5 Å². The number of nitrogens with zero attached hydrogens (tertiary/aromatic N) is 2. The maximum Gasteiger partial charge on any atom is 0.339 e. The average Bonchev–Trinajstić information content (AvgIpc) is 2.73. The van der Waals surface area contributed by atoms with Crippen LogP contribution in [0.15, 0.2) is 0 Å². The van der Waals surface area contributed by atoms with Crippen molar-refractivity contribution in [1.29, 1.82) is 0 Å². The van der Waals surface area contributed by atoms with Gasteiger partial charge in [0.15, 0.2) is 0 Å². The Hall–Kier alpha value is -0.460. The van der Waals surface area contributed by atoms with E-state index in [-0.39, 0.29) is 58.1 Å². The van der Waals surface area contributed by atoms with E-state index in [1.54, 1.807) is 13.8 Å². The van der Waals surface area contributed by atoms with Crippen LogP contribution in [0.2, 0.25) is 0 Å². The Bertz CT molecular complexity index is 966. The SMILES string of the molecule is CCC(CC(C)C(=O)OCCCN1CP(=O)(O)CP(=O)(O)C1)C(=O)OCCCN(CP(=O)(O)O)CP(=O)(O)O. The molecule has 0 aromatic carbocycles. The highest BCUT2D eigenvalue weighted by molar-refractivity contribution is 7.75. The van der Waals surface area contributed by atoms with Crippen molar-refractivity contribution < 1.29 is 66.7 Å². The van der Waals surface area contributed by atoms with E-state index in [1.807, 2.05) is 0 Å². The molecule has 4 atom stereocenters. The van der Waals surface area contributed by atoms with E-state index in [0.717, 1.165) is 4.90 Å². The van der Waals surface area contributed by atoms with E-state index >= 15 is 0 Å². The third-order valence-electron chi connectivity index (χ3n) is 5.64. The van der Waals surface area contributed by atoms with Gasteiger partial charge in [0.05, 0.1) is 37.6 Å². The lowest BCUT2D eigenvalue weighted by Crippen LogP contribution is -2.33. The Morgan fingerprint density at radius 2 is 1.41 bits per heavy atom. The quantitative estimate of drug-likeness (QED) is 0.0739. The minimum absolute atomic E-state index is 0.0217. The normalized spacial score (nSPS) is 24.3. The first kappa shape index (κ1) is 36.6. The predicted molar refractivity (Wildman–Crippen MR) is 140 cm³/mol. The lowest BCUT2D eigenvalue weighted by Gasteiger charge is -2.32. The van der Waals surface area contributed by atoms with Crippen LogP contribution in [0.25, 0.3) is 0 Å². The summed E-state index contributed by atoms with van der Waals surface area (Å²) in [4.78, 5) is 82.9. The minimum Gasteiger partial charge on any atom is -0.465 e. The summed E-state index contributed by atoms with van der Waals surface area (Å²) in [7, 11) is -16.6. The van der Waals surface area contributed by atoms with Gasteiger partial charge in [-0.25, -0.2) is 0 Å². The highest BCUT2D eigenvalue weighted by atomic mass is 31.2. The van der Waals surface area contributed by atoms with E-state index in [4.69, 9.17) is 29.0 Å². The van der Waals surface area contributed by atoms with Crippen LogP contribution in [-0.4, -0.2) is 108 Å². The largest absolute Gasteiger partial charge is 0.465 e. The molecule has 6 N–H and O–H groups in total. The summed E-state index contributed by atoms with van der Waals surface area (Å²) >= 11 is 0. The van der Waals surface area contributed by atoms with Gasteiger partial charge in [-0.1, -0.05) is 13.8 Å². The molecule has 1 heterocycles. The molecule has 16 nitrogen and oxygen atoms in total. The van der Waals surface area contributed by atoms with Crippen molar-refractivity contribution in [3.8, 4) is 0 Å². The molecular formula is C19H40N2O14P4. The van der Waals surface area contributed by atoms with Crippen LogP contribution >= 0.6 is 29.9 Å². The fraction of sp³-hybridized carbons (Fsp3) is 0.895. The maximum atomic E-state index is 12.4. The molecule has 0 aromatic heterocycles. The van der Waals surface area contributed by atoms with E-state index in [1.165, 1.54) is 4.90 Å². The zero-order valence-electron chi connectivity index (χ0n) is 22.0. The average molecular weight is 644 g/mol. The van der Waals surface area contributed by atoms with E-state index in [9.17, 15) is 37.6 Å². The molecule has 1 aliphatic heterocycles. The molecule has 0 aromatic rings. The molecule has 4 unspecified atom stereocenters. The second-order valence-electron chi connectivity index (χ2n) is 9.80. The number of ether oxygens (including phenoxy) is 2. The topological polar surface area (TPSA) is 249 Å². The third-order valence-corrected chi connectivity index (χ3v) is 12.4. The van der Waals surface area contributed by atoms with Gasteiger partial charge in [-0.2, -0.15) is 0 Å². The molecule has 0 spiro atoms. The molecular weight excluding hydrogens is 604 g/mol. The molecule has 0 radical (unpaired) electrons. The fourth-order valence-corrected chi connectivity index (χ4v) is 11.1. The predicted octanol–water partition coefficient (Wildman–Crippen LogP) is 1.21. The Balaban J connectivity index is 2.42. The van der Waals surface area contributed by atoms with Crippen LogP contribution < -0.4 is 0 Å². The molecule has 230 valence electrons. The summed E-state index contributed by atoms with van der Waals surface area (Å²) in [6, 6.07) is 0. The van der Waals surface area contributed by atoms with Gasteiger partial charge in [0, 0.05) is 13.1 Å². The van der Waals surface area contributed by atoms with Crippen molar-refractivity contribution in [2.75, 3.05) is 57.3 Å². The van der Waals surface area contributed by atoms with Crippen molar-refractivity contribution in [2.45, 2.75) is 39.5 Å². The lowest BCUT2D eigenvalue weighted by atomic mass is 9.94. The third kappa shape index (κ3) is 16.5. The van der Waals surface area contributed by atoms with Crippen molar-refractivity contribution in [1.82, 2.24) is 9.80 Å². The van der Waals surface area contributed by atoms with Gasteiger partial charge in [0.1, 0.15) is 18.5 Å². The number of hydrogen-bond donors (Lipinski definition) is 6. The number of hydrogen-bond acceptors (Lipinski definition) is 10. The van der Waals surface area contributed by atoms with Crippen molar-refractivity contribution >= 4 is 41.9 Å². The molecule has 1 rings (SSSR count). The molecule has 39 heavy (non-hydrogen) atoms. The Morgan fingerprint density at radius 3 is 1.90 bits per heavy atom. The molecule has 0 aliphatic carbocycles. The number of esters is 2. The first-order valence-corrected chi connectivity index (χ1v) is 19.9.